The molecule has 5 heteroatoms. The standard InChI is InChI=1S/3C36H74N.C10H22O.Ti/c3*1-3-5-7-9-11-13-15-17-19-21-23-25-27-29-31-33-35-37-36-34-32-30-28-26-24-22-20-18-16-14-12-10-8-6-4-2;1-2-3-4-5-6-7-8-9-10-11;/h3*3-36H2,1-2H3;11H,2-10H2,1H3;/q3*-1;;+3. The van der Waals surface area contributed by atoms with Gasteiger partial charge < -0.3 is 21.1 Å². The van der Waals surface area contributed by atoms with E-state index in [2.05, 4.69) is 48.5 Å². The molecule has 4 nitrogen and oxygen atoms in total. The van der Waals surface area contributed by atoms with E-state index in [1.165, 1.54) is 661 Å². The van der Waals surface area contributed by atoms with E-state index in [9.17, 15) is 0 Å². The van der Waals surface area contributed by atoms with Crippen LogP contribution in [0.4, 0.5) is 0 Å². The van der Waals surface area contributed by atoms with E-state index in [0.717, 1.165) is 45.7 Å². The third kappa shape index (κ3) is 146. The molecule has 0 rings (SSSR count). The smallest absolute Gasteiger partial charge is 0.662 e. The average Bonchev–Trinajstić information content (AvgIpc) is 2.95. The maximum absolute atomic E-state index is 8.51. The Balaban J connectivity index is -0.000000529. The SMILES string of the molecule is CCCCCCCCCCCCCCCCCC[N-]CCCCCCCCCCCCCCCCCC.CCCCCCCCCCCCCCCCCC[N-]CCCCCCCCCCCCCCCCCC.CCCCCCCCCCCCCCCCCC[N-]CCCCCCCCCCCCCCCCCC.CCCCCCCCCCO.[Ti+3]. The second-order valence-electron chi connectivity index (χ2n) is 40.0. The Hall–Kier alpha value is 0.554. The molecule has 0 aliphatic rings. The van der Waals surface area contributed by atoms with Crippen LogP contribution < -0.4 is 0 Å². The van der Waals surface area contributed by atoms with E-state index in [1.54, 1.807) is 0 Å². The maximum Gasteiger partial charge on any atom is 3.00 e. The van der Waals surface area contributed by atoms with Gasteiger partial charge in [-0.25, -0.2) is 0 Å². The molecule has 1 N–H and O–H groups in total. The van der Waals surface area contributed by atoms with Crippen molar-refractivity contribution in [2.45, 2.75) is 716 Å². The van der Waals surface area contributed by atoms with Crippen LogP contribution in [0.15, 0.2) is 0 Å². The summed E-state index contributed by atoms with van der Waals surface area (Å²) < 4.78 is 0. The van der Waals surface area contributed by atoms with E-state index in [0.29, 0.717) is 6.61 Å². The van der Waals surface area contributed by atoms with Crippen molar-refractivity contribution >= 4 is 0 Å². The van der Waals surface area contributed by atoms with Crippen LogP contribution in [0.3, 0.4) is 0 Å². The minimum absolute atomic E-state index is 0. The van der Waals surface area contributed by atoms with Crippen molar-refractivity contribution < 1.29 is 26.8 Å². The zero-order valence-corrected chi connectivity index (χ0v) is 89.3. The first-order valence-electron chi connectivity index (χ1n) is 59.2. The zero-order valence-electron chi connectivity index (χ0n) is 87.8. The first-order chi connectivity index (χ1) is 60.7. The number of nitrogens with zero attached hydrogens (tertiary/aromatic N) is 3. The minimum Gasteiger partial charge on any atom is -0.662 e. The Morgan fingerprint density at radius 2 is 0.163 bits per heavy atom. The van der Waals surface area contributed by atoms with Crippen LogP contribution in [0, 0.1) is 0 Å². The average molecular weight is 1770 g/mol. The fourth-order valence-electron chi connectivity index (χ4n) is 18.2. The van der Waals surface area contributed by atoms with E-state index in [-0.39, 0.29) is 21.7 Å². The van der Waals surface area contributed by atoms with Crippen molar-refractivity contribution in [2.75, 3.05) is 45.9 Å². The Labute approximate surface area is 799 Å². The summed E-state index contributed by atoms with van der Waals surface area (Å²) in [6.45, 7) is 23.2. The molecule has 0 aromatic rings. The number of hydrogen-bond donors (Lipinski definition) is 1. The second-order valence-corrected chi connectivity index (χ2v) is 40.0. The molecule has 0 amide bonds. The van der Waals surface area contributed by atoms with Gasteiger partial charge in [-0.2, -0.15) is 0 Å². The van der Waals surface area contributed by atoms with Crippen LogP contribution in [0.25, 0.3) is 16.0 Å². The maximum atomic E-state index is 8.51. The number of rotatable bonds is 110. The van der Waals surface area contributed by atoms with Crippen molar-refractivity contribution in [3.63, 3.8) is 0 Å². The van der Waals surface area contributed by atoms with Gasteiger partial charge in [-0.05, 0) is 6.42 Å². The van der Waals surface area contributed by atoms with E-state index in [4.69, 9.17) is 21.1 Å². The molecular weight excluding hydrogens is 1520 g/mol. The third-order valence-corrected chi connectivity index (χ3v) is 27.0. The van der Waals surface area contributed by atoms with Gasteiger partial charge in [-0.1, -0.05) is 710 Å². The number of aliphatic hydroxyl groups excluding tert-OH is 1. The molecule has 123 heavy (non-hydrogen) atoms. The van der Waals surface area contributed by atoms with Crippen molar-refractivity contribution in [1.82, 2.24) is 0 Å². The summed E-state index contributed by atoms with van der Waals surface area (Å²) in [5.41, 5.74) is 0. The zero-order chi connectivity index (χ0) is 88.6. The third-order valence-electron chi connectivity index (χ3n) is 27.0. The summed E-state index contributed by atoms with van der Waals surface area (Å²) in [5, 5.41) is 22.8. The van der Waals surface area contributed by atoms with Gasteiger partial charge in [0.15, 0.2) is 0 Å². The Kier molecular flexibility index (Phi) is 148. The van der Waals surface area contributed by atoms with Crippen molar-refractivity contribution in [3.8, 4) is 0 Å². The summed E-state index contributed by atoms with van der Waals surface area (Å²) in [5.74, 6) is 0. The molecule has 1 radical (unpaired) electrons. The van der Waals surface area contributed by atoms with Gasteiger partial charge >= 0.3 is 21.7 Å². The monoisotopic (exact) mass is 1770 g/mol. The Bertz CT molecular complexity index is 1320. The molecule has 0 heterocycles. The molecule has 0 aliphatic heterocycles. The van der Waals surface area contributed by atoms with Gasteiger partial charge in [0, 0.05) is 6.61 Å². The van der Waals surface area contributed by atoms with Gasteiger partial charge in [-0.3, -0.25) is 0 Å². The van der Waals surface area contributed by atoms with Gasteiger partial charge in [-0.15, -0.1) is 39.3 Å². The molecule has 0 saturated heterocycles. The quantitative estimate of drug-likeness (QED) is 0.0479. The van der Waals surface area contributed by atoms with Crippen LogP contribution in [0.2, 0.25) is 0 Å². The largest absolute Gasteiger partial charge is 3.00 e. The fraction of sp³-hybridized carbons (Fsp3) is 1.00. The van der Waals surface area contributed by atoms with E-state index < -0.39 is 0 Å². The van der Waals surface area contributed by atoms with Gasteiger partial charge in [0.2, 0.25) is 0 Å². The van der Waals surface area contributed by atoms with E-state index >= 15 is 0 Å². The van der Waals surface area contributed by atoms with Crippen LogP contribution >= 0.6 is 0 Å². The summed E-state index contributed by atoms with van der Waals surface area (Å²) in [4.78, 5) is 0. The Morgan fingerprint density at radius 1 is 0.0976 bits per heavy atom. The van der Waals surface area contributed by atoms with Gasteiger partial charge in [0.25, 0.3) is 0 Å². The number of unbranched alkanes of at least 4 members (excludes halogenated alkanes) is 97. The van der Waals surface area contributed by atoms with Crippen molar-refractivity contribution in [3.05, 3.63) is 16.0 Å². The minimum atomic E-state index is 0. The van der Waals surface area contributed by atoms with Crippen LogP contribution in [-0.2, 0) is 21.7 Å². The number of aliphatic hydroxyl groups is 1. The predicted molar refractivity (Wildman–Crippen MR) is 566 cm³/mol. The number of hydrogen-bond acceptors (Lipinski definition) is 1. The second kappa shape index (κ2) is 138. The summed E-state index contributed by atoms with van der Waals surface area (Å²) >= 11 is 0. The Morgan fingerprint density at radius 3 is 0.236 bits per heavy atom. The van der Waals surface area contributed by atoms with Gasteiger partial charge in [0.1, 0.15) is 0 Å². The molecule has 741 valence electrons. The van der Waals surface area contributed by atoms with Crippen LogP contribution in [0.5, 0.6) is 0 Å². The summed E-state index contributed by atoms with van der Waals surface area (Å²) in [6.07, 6.45) is 149. The molecule has 0 aliphatic carbocycles. The first-order valence-corrected chi connectivity index (χ1v) is 59.2. The van der Waals surface area contributed by atoms with Crippen molar-refractivity contribution in [2.24, 2.45) is 0 Å². The molecule has 0 atom stereocenters. The topological polar surface area (TPSA) is 62.5 Å². The van der Waals surface area contributed by atoms with Crippen LogP contribution in [-0.4, -0.2) is 51.0 Å². The molecule has 0 aromatic heterocycles. The summed E-state index contributed by atoms with van der Waals surface area (Å²) in [7, 11) is 0. The molecule has 0 spiro atoms. The molecule has 0 aromatic carbocycles. The molecule has 0 fully saturated rings. The van der Waals surface area contributed by atoms with Crippen molar-refractivity contribution in [1.29, 1.82) is 0 Å². The fourth-order valence-corrected chi connectivity index (χ4v) is 18.2. The summed E-state index contributed by atoms with van der Waals surface area (Å²) in [6, 6.07) is 0. The van der Waals surface area contributed by atoms with Crippen LogP contribution in [0.1, 0.15) is 716 Å². The normalized spacial score (nSPS) is 11.3. The molecule has 0 unspecified atom stereocenters. The molecular formula is C118H244N3OTi. The molecule has 0 bridgehead atoms. The predicted octanol–water partition coefficient (Wildman–Crippen LogP) is 44.8. The molecule has 0 saturated carbocycles. The van der Waals surface area contributed by atoms with Gasteiger partial charge in [0.05, 0.1) is 0 Å². The van der Waals surface area contributed by atoms with E-state index in [1.807, 2.05) is 0 Å². The first kappa shape index (κ1) is 132.